The van der Waals surface area contributed by atoms with Gasteiger partial charge in [-0.05, 0) is 57.2 Å². The lowest BCUT2D eigenvalue weighted by atomic mass is 9.87. The predicted molar refractivity (Wildman–Crippen MR) is 99.6 cm³/mol. The molecule has 0 spiro atoms. The molecule has 5 nitrogen and oxygen atoms in total. The van der Waals surface area contributed by atoms with Crippen molar-refractivity contribution in [1.29, 1.82) is 0 Å². The standard InChI is InChI=1S/C20H31N3O2/c1-15(22(2)17-10-11-17)14-21-20(25)23(12-13-24)19-9-5-7-16-6-3-4-8-18(16)19/h3-4,6,8,15,17,19,24H,5,7,9-14H2,1-2H3,(H,21,25). The van der Waals surface area contributed by atoms with E-state index in [9.17, 15) is 9.90 Å². The van der Waals surface area contributed by atoms with Crippen molar-refractivity contribution in [2.24, 2.45) is 0 Å². The Kier molecular flexibility index (Phi) is 5.97. The molecule has 1 aromatic carbocycles. The number of rotatable bonds is 7. The number of likely N-dealkylation sites (N-methyl/N-ethyl adjacent to an activating group) is 1. The molecule has 0 aromatic heterocycles. The van der Waals surface area contributed by atoms with Gasteiger partial charge in [-0.25, -0.2) is 4.79 Å². The number of nitrogens with zero attached hydrogens (tertiary/aromatic N) is 2. The number of hydrogen-bond acceptors (Lipinski definition) is 3. The molecule has 5 heteroatoms. The molecule has 2 unspecified atom stereocenters. The normalized spacial score (nSPS) is 20.9. The van der Waals surface area contributed by atoms with Crippen LogP contribution in [0.25, 0.3) is 0 Å². The highest BCUT2D eigenvalue weighted by atomic mass is 16.3. The average Bonchev–Trinajstić information content (AvgIpc) is 3.48. The largest absolute Gasteiger partial charge is 0.395 e. The van der Waals surface area contributed by atoms with Gasteiger partial charge in [-0.1, -0.05) is 24.3 Å². The van der Waals surface area contributed by atoms with Crippen LogP contribution in [0, 0.1) is 0 Å². The van der Waals surface area contributed by atoms with Crippen molar-refractivity contribution in [3.8, 4) is 0 Å². The van der Waals surface area contributed by atoms with E-state index in [0.29, 0.717) is 25.2 Å². The third-order valence-corrected chi connectivity index (χ3v) is 5.68. The molecule has 2 amide bonds. The average molecular weight is 345 g/mol. The smallest absolute Gasteiger partial charge is 0.318 e. The molecule has 0 aliphatic heterocycles. The predicted octanol–water partition coefficient (Wildman–Crippen LogP) is 2.55. The lowest BCUT2D eigenvalue weighted by Crippen LogP contribution is -2.48. The van der Waals surface area contributed by atoms with Gasteiger partial charge in [0.15, 0.2) is 0 Å². The van der Waals surface area contributed by atoms with Gasteiger partial charge >= 0.3 is 6.03 Å². The topological polar surface area (TPSA) is 55.8 Å². The quantitative estimate of drug-likeness (QED) is 0.798. The first-order chi connectivity index (χ1) is 12.1. The summed E-state index contributed by atoms with van der Waals surface area (Å²) in [5, 5.41) is 12.6. The van der Waals surface area contributed by atoms with Crippen molar-refractivity contribution in [3.63, 3.8) is 0 Å². The number of amides is 2. The lowest BCUT2D eigenvalue weighted by Gasteiger charge is -2.36. The number of hydrogen-bond donors (Lipinski definition) is 2. The Hall–Kier alpha value is -1.59. The Balaban J connectivity index is 1.65. The number of urea groups is 1. The molecule has 1 fully saturated rings. The lowest BCUT2D eigenvalue weighted by molar-refractivity contribution is 0.141. The van der Waals surface area contributed by atoms with E-state index in [1.165, 1.54) is 24.0 Å². The molecule has 1 saturated carbocycles. The van der Waals surface area contributed by atoms with Gasteiger partial charge in [0.1, 0.15) is 0 Å². The van der Waals surface area contributed by atoms with Gasteiger partial charge < -0.3 is 15.3 Å². The molecular formula is C20H31N3O2. The molecule has 138 valence electrons. The molecule has 0 radical (unpaired) electrons. The minimum Gasteiger partial charge on any atom is -0.395 e. The Labute approximate surface area is 151 Å². The Morgan fingerprint density at radius 3 is 2.80 bits per heavy atom. The van der Waals surface area contributed by atoms with Crippen LogP contribution < -0.4 is 5.32 Å². The molecule has 2 atom stereocenters. The van der Waals surface area contributed by atoms with E-state index in [4.69, 9.17) is 0 Å². The van der Waals surface area contributed by atoms with Crippen LogP contribution in [0.5, 0.6) is 0 Å². The van der Waals surface area contributed by atoms with E-state index in [-0.39, 0.29) is 18.7 Å². The molecule has 0 heterocycles. The first kappa shape index (κ1) is 18.2. The van der Waals surface area contributed by atoms with E-state index < -0.39 is 0 Å². The second kappa shape index (κ2) is 8.19. The van der Waals surface area contributed by atoms with Crippen molar-refractivity contribution >= 4 is 6.03 Å². The number of aliphatic hydroxyl groups excluding tert-OH is 1. The summed E-state index contributed by atoms with van der Waals surface area (Å²) < 4.78 is 0. The number of carbonyl (C=O) groups excluding carboxylic acids is 1. The van der Waals surface area contributed by atoms with Crippen LogP contribution in [0.2, 0.25) is 0 Å². The van der Waals surface area contributed by atoms with Crippen LogP contribution in [-0.2, 0) is 6.42 Å². The van der Waals surface area contributed by atoms with Gasteiger partial charge in [0.25, 0.3) is 0 Å². The summed E-state index contributed by atoms with van der Waals surface area (Å²) in [6.07, 6.45) is 5.65. The van der Waals surface area contributed by atoms with Crippen LogP contribution >= 0.6 is 0 Å². The van der Waals surface area contributed by atoms with Crippen LogP contribution in [0.15, 0.2) is 24.3 Å². The SMILES string of the molecule is CC(CNC(=O)N(CCO)C1CCCc2ccccc21)N(C)C1CC1. The van der Waals surface area contributed by atoms with E-state index >= 15 is 0 Å². The molecule has 25 heavy (non-hydrogen) atoms. The van der Waals surface area contributed by atoms with Crippen molar-refractivity contribution < 1.29 is 9.90 Å². The van der Waals surface area contributed by atoms with Crippen molar-refractivity contribution in [2.45, 2.75) is 57.2 Å². The Morgan fingerprint density at radius 1 is 1.32 bits per heavy atom. The molecule has 1 aromatic rings. The molecule has 3 rings (SSSR count). The summed E-state index contributed by atoms with van der Waals surface area (Å²) in [5.41, 5.74) is 2.57. The Bertz CT molecular complexity index is 588. The van der Waals surface area contributed by atoms with Crippen LogP contribution in [0.4, 0.5) is 4.79 Å². The number of benzene rings is 1. The molecule has 2 aliphatic carbocycles. The Morgan fingerprint density at radius 2 is 2.08 bits per heavy atom. The fourth-order valence-corrected chi connectivity index (χ4v) is 3.88. The fraction of sp³-hybridized carbons (Fsp3) is 0.650. The highest BCUT2D eigenvalue weighted by Gasteiger charge is 2.31. The summed E-state index contributed by atoms with van der Waals surface area (Å²) >= 11 is 0. The number of nitrogens with one attached hydrogen (secondary N) is 1. The minimum atomic E-state index is -0.0631. The molecule has 2 N–H and O–H groups in total. The molecular weight excluding hydrogens is 314 g/mol. The minimum absolute atomic E-state index is 0.0103. The highest BCUT2D eigenvalue weighted by Crippen LogP contribution is 2.34. The maximum Gasteiger partial charge on any atom is 0.318 e. The van der Waals surface area contributed by atoms with Crippen LogP contribution in [0.1, 0.15) is 49.8 Å². The number of aliphatic hydroxyl groups is 1. The third-order valence-electron chi connectivity index (χ3n) is 5.68. The first-order valence-corrected chi connectivity index (χ1v) is 9.57. The van der Waals surface area contributed by atoms with Crippen molar-refractivity contribution in [3.05, 3.63) is 35.4 Å². The maximum absolute atomic E-state index is 12.8. The van der Waals surface area contributed by atoms with E-state index in [1.807, 2.05) is 11.0 Å². The van der Waals surface area contributed by atoms with Gasteiger partial charge in [0.05, 0.1) is 12.6 Å². The first-order valence-electron chi connectivity index (χ1n) is 9.57. The second-order valence-corrected chi connectivity index (χ2v) is 7.46. The van der Waals surface area contributed by atoms with Crippen LogP contribution in [-0.4, -0.2) is 59.8 Å². The number of carbonyl (C=O) groups is 1. The van der Waals surface area contributed by atoms with E-state index in [1.54, 1.807) is 0 Å². The van der Waals surface area contributed by atoms with E-state index in [2.05, 4.69) is 42.4 Å². The monoisotopic (exact) mass is 345 g/mol. The zero-order valence-electron chi connectivity index (χ0n) is 15.4. The van der Waals surface area contributed by atoms with Crippen molar-refractivity contribution in [1.82, 2.24) is 15.1 Å². The fourth-order valence-electron chi connectivity index (χ4n) is 3.88. The van der Waals surface area contributed by atoms with Gasteiger partial charge in [-0.15, -0.1) is 0 Å². The third kappa shape index (κ3) is 4.33. The number of fused-ring (bicyclic) bond motifs is 1. The number of aryl methyl sites for hydroxylation is 1. The van der Waals surface area contributed by atoms with Gasteiger partial charge in [-0.2, -0.15) is 0 Å². The zero-order valence-corrected chi connectivity index (χ0v) is 15.4. The summed E-state index contributed by atoms with van der Waals surface area (Å²) in [6, 6.07) is 9.40. The molecule has 0 bridgehead atoms. The second-order valence-electron chi connectivity index (χ2n) is 7.46. The van der Waals surface area contributed by atoms with E-state index in [0.717, 1.165) is 19.3 Å². The van der Waals surface area contributed by atoms with Crippen molar-refractivity contribution in [2.75, 3.05) is 26.7 Å². The molecule has 2 aliphatic rings. The summed E-state index contributed by atoms with van der Waals surface area (Å²) in [6.45, 7) is 3.16. The van der Waals surface area contributed by atoms with Gasteiger partial charge in [-0.3, -0.25) is 4.90 Å². The summed E-state index contributed by atoms with van der Waals surface area (Å²) in [5.74, 6) is 0. The van der Waals surface area contributed by atoms with Crippen LogP contribution in [0.3, 0.4) is 0 Å². The summed E-state index contributed by atoms with van der Waals surface area (Å²) in [4.78, 5) is 17.0. The van der Waals surface area contributed by atoms with Gasteiger partial charge in [0.2, 0.25) is 0 Å². The summed E-state index contributed by atoms with van der Waals surface area (Å²) in [7, 11) is 2.14. The zero-order chi connectivity index (χ0) is 17.8. The maximum atomic E-state index is 12.8. The highest BCUT2D eigenvalue weighted by molar-refractivity contribution is 5.75. The van der Waals surface area contributed by atoms with Gasteiger partial charge in [0, 0.05) is 25.2 Å². The molecule has 0 saturated heterocycles.